The number of carbonyl (C=O) groups is 1. The van der Waals surface area contributed by atoms with Gasteiger partial charge in [0.25, 0.3) is 0 Å². The molecule has 0 aliphatic carbocycles. The van der Waals surface area contributed by atoms with Crippen LogP contribution >= 0.6 is 11.8 Å². The van der Waals surface area contributed by atoms with E-state index in [-0.39, 0.29) is 12.3 Å². The minimum atomic E-state index is -0.736. The molecule has 4 rings (SSSR count). The van der Waals surface area contributed by atoms with Crippen molar-refractivity contribution in [3.63, 3.8) is 0 Å². The Kier molecular flexibility index (Phi) is 9.83. The number of aliphatic carboxylic acids is 1. The first-order valence-electron chi connectivity index (χ1n) is 13.2. The molecule has 7 heteroatoms. The summed E-state index contributed by atoms with van der Waals surface area (Å²) in [5.41, 5.74) is 2.96. The second-order valence-corrected chi connectivity index (χ2v) is 11.3. The fourth-order valence-electron chi connectivity index (χ4n) is 5.47. The van der Waals surface area contributed by atoms with Gasteiger partial charge in [-0.2, -0.15) is 0 Å². The van der Waals surface area contributed by atoms with Gasteiger partial charge in [0.15, 0.2) is 0 Å². The predicted octanol–water partition coefficient (Wildman–Crippen LogP) is 5.96. The van der Waals surface area contributed by atoms with E-state index in [0.29, 0.717) is 12.3 Å². The topological polar surface area (TPSA) is 82.9 Å². The summed E-state index contributed by atoms with van der Waals surface area (Å²) in [5.74, 6) is 1.47. The number of piperidine rings is 1. The first-order chi connectivity index (χ1) is 17.9. The number of fused-ring (bicyclic) bond motifs is 1. The van der Waals surface area contributed by atoms with Crippen LogP contribution in [0.4, 0.5) is 0 Å². The molecule has 1 fully saturated rings. The summed E-state index contributed by atoms with van der Waals surface area (Å²) >= 11 is 1.89. The number of aliphatic hydroxyl groups excluding tert-OH is 1. The summed E-state index contributed by atoms with van der Waals surface area (Å²) in [6, 6.07) is 16.2. The third-order valence-corrected chi connectivity index (χ3v) is 8.52. The van der Waals surface area contributed by atoms with E-state index in [1.807, 2.05) is 36.0 Å². The van der Waals surface area contributed by atoms with Crippen LogP contribution in [-0.2, 0) is 4.79 Å². The highest BCUT2D eigenvalue weighted by Crippen LogP contribution is 2.35. The lowest BCUT2D eigenvalue weighted by molar-refractivity contribution is -0.139. The van der Waals surface area contributed by atoms with Crippen LogP contribution in [-0.4, -0.2) is 58.6 Å². The molecule has 0 bridgehead atoms. The average molecular weight is 523 g/mol. The fourth-order valence-corrected chi connectivity index (χ4v) is 6.42. The number of aliphatic hydroxyl groups is 1. The number of nitrogens with zero attached hydrogens (tertiary/aromatic N) is 2. The van der Waals surface area contributed by atoms with Gasteiger partial charge in [-0.1, -0.05) is 17.7 Å². The molecule has 3 atom stereocenters. The molecule has 0 amide bonds. The van der Waals surface area contributed by atoms with Gasteiger partial charge in [0.1, 0.15) is 5.75 Å². The molecule has 0 spiro atoms. The van der Waals surface area contributed by atoms with Crippen molar-refractivity contribution in [2.75, 3.05) is 32.5 Å². The molecule has 1 aromatic heterocycles. The van der Waals surface area contributed by atoms with Crippen LogP contribution < -0.4 is 4.74 Å². The molecule has 6 nitrogen and oxygen atoms in total. The average Bonchev–Trinajstić information content (AvgIpc) is 2.89. The van der Waals surface area contributed by atoms with Crippen molar-refractivity contribution in [1.29, 1.82) is 0 Å². The Morgan fingerprint density at radius 1 is 1.22 bits per heavy atom. The molecule has 0 saturated carbocycles. The highest BCUT2D eigenvalue weighted by Gasteiger charge is 2.31. The summed E-state index contributed by atoms with van der Waals surface area (Å²) in [4.78, 5) is 19.8. The van der Waals surface area contributed by atoms with E-state index in [4.69, 9.17) is 4.74 Å². The molecule has 0 radical (unpaired) electrons. The summed E-state index contributed by atoms with van der Waals surface area (Å²) in [6.45, 7) is 4.92. The molecule has 2 heterocycles. The molecular formula is C30H38N2O4S. The van der Waals surface area contributed by atoms with Gasteiger partial charge in [0, 0.05) is 29.4 Å². The molecule has 2 N–H and O–H groups in total. The number of rotatable bonds is 12. The van der Waals surface area contributed by atoms with Gasteiger partial charge >= 0.3 is 5.97 Å². The number of carboxylic acids is 1. The number of hydrogen-bond donors (Lipinski definition) is 2. The highest BCUT2D eigenvalue weighted by molar-refractivity contribution is 7.99. The molecule has 1 aliphatic rings. The van der Waals surface area contributed by atoms with Crippen molar-refractivity contribution >= 4 is 28.6 Å². The summed E-state index contributed by atoms with van der Waals surface area (Å²) < 4.78 is 5.36. The van der Waals surface area contributed by atoms with Gasteiger partial charge in [-0.05, 0) is 105 Å². The number of benzene rings is 2. The van der Waals surface area contributed by atoms with Crippen molar-refractivity contribution in [3.8, 4) is 5.75 Å². The van der Waals surface area contributed by atoms with Crippen LogP contribution in [0.3, 0.4) is 0 Å². The van der Waals surface area contributed by atoms with Crippen molar-refractivity contribution < 1.29 is 19.7 Å². The van der Waals surface area contributed by atoms with Gasteiger partial charge in [0.2, 0.25) is 0 Å². The normalized spacial score (nSPS) is 19.1. The fraction of sp³-hybridized carbons (Fsp3) is 0.467. The zero-order chi connectivity index (χ0) is 26.2. The van der Waals surface area contributed by atoms with Crippen molar-refractivity contribution in [3.05, 3.63) is 65.9 Å². The van der Waals surface area contributed by atoms with E-state index >= 15 is 0 Å². The standard InChI is InChI=1S/C30H38N2O4S/c1-21-5-3-6-25(17-21)37-16-4-14-32-15-12-22(23(20-32)18-30(34)35)7-10-29(33)26-11-13-31-28-9-8-24(36-2)19-27(26)28/h3,5-6,8-9,11,13,17,19,22-23,29,33H,4,7,10,12,14-16,18,20H2,1-2H3,(H,34,35)/t22-,23+,29?/m1/s1. The first kappa shape index (κ1) is 27.4. The molecule has 37 heavy (non-hydrogen) atoms. The largest absolute Gasteiger partial charge is 0.497 e. The van der Waals surface area contributed by atoms with Crippen LogP contribution in [0.15, 0.2) is 59.6 Å². The monoisotopic (exact) mass is 522 g/mol. The van der Waals surface area contributed by atoms with E-state index in [9.17, 15) is 15.0 Å². The summed E-state index contributed by atoms with van der Waals surface area (Å²) in [6.07, 6.45) is 4.76. The smallest absolute Gasteiger partial charge is 0.303 e. The van der Waals surface area contributed by atoms with Crippen LogP contribution in [0.1, 0.15) is 49.3 Å². The van der Waals surface area contributed by atoms with Crippen molar-refractivity contribution in [2.24, 2.45) is 11.8 Å². The number of hydrogen-bond acceptors (Lipinski definition) is 6. The lowest BCUT2D eigenvalue weighted by Crippen LogP contribution is -2.42. The third kappa shape index (κ3) is 7.69. The highest BCUT2D eigenvalue weighted by atomic mass is 32.2. The molecular weight excluding hydrogens is 484 g/mol. The summed E-state index contributed by atoms with van der Waals surface area (Å²) in [5, 5.41) is 21.6. The van der Waals surface area contributed by atoms with Crippen LogP contribution in [0, 0.1) is 18.8 Å². The van der Waals surface area contributed by atoms with Crippen molar-refractivity contribution in [1.82, 2.24) is 9.88 Å². The molecule has 198 valence electrons. The Labute approximate surface area is 224 Å². The van der Waals surface area contributed by atoms with Crippen LogP contribution in [0.2, 0.25) is 0 Å². The maximum Gasteiger partial charge on any atom is 0.303 e. The Hall–Kier alpha value is -2.61. The van der Waals surface area contributed by atoms with Gasteiger partial charge in [-0.15, -0.1) is 11.8 Å². The number of likely N-dealkylation sites (tertiary alicyclic amines) is 1. The lowest BCUT2D eigenvalue weighted by Gasteiger charge is -2.38. The second-order valence-electron chi connectivity index (χ2n) is 10.1. The number of carboxylic acid groups (broad SMARTS) is 1. The van der Waals surface area contributed by atoms with Crippen LogP contribution in [0.5, 0.6) is 5.75 Å². The quantitative estimate of drug-likeness (QED) is 0.224. The van der Waals surface area contributed by atoms with E-state index in [0.717, 1.165) is 66.9 Å². The third-order valence-electron chi connectivity index (χ3n) is 7.44. The van der Waals surface area contributed by atoms with Gasteiger partial charge < -0.3 is 19.8 Å². The number of methoxy groups -OCH3 is 1. The summed E-state index contributed by atoms with van der Waals surface area (Å²) in [7, 11) is 1.63. The number of aromatic nitrogens is 1. The minimum absolute atomic E-state index is 0.108. The van der Waals surface area contributed by atoms with Crippen LogP contribution in [0.25, 0.3) is 10.9 Å². The first-order valence-corrected chi connectivity index (χ1v) is 14.2. The number of thioether (sulfide) groups is 1. The van der Waals surface area contributed by atoms with E-state index in [1.54, 1.807) is 13.3 Å². The number of pyridine rings is 1. The maximum atomic E-state index is 11.6. The molecule has 2 aromatic carbocycles. The minimum Gasteiger partial charge on any atom is -0.497 e. The Morgan fingerprint density at radius 2 is 2.08 bits per heavy atom. The number of aryl methyl sites for hydroxylation is 1. The van der Waals surface area contributed by atoms with Gasteiger partial charge in [-0.25, -0.2) is 0 Å². The second kappa shape index (κ2) is 13.3. The SMILES string of the molecule is COc1ccc2nccc(C(O)CC[C@@H]3CCN(CCCSc4cccc(C)c4)C[C@@H]3CC(=O)O)c2c1. The Bertz CT molecular complexity index is 1190. The van der Waals surface area contributed by atoms with Crippen molar-refractivity contribution in [2.45, 2.75) is 50.0 Å². The maximum absolute atomic E-state index is 11.6. The predicted molar refractivity (Wildman–Crippen MR) is 149 cm³/mol. The van der Waals surface area contributed by atoms with E-state index in [1.165, 1.54) is 10.5 Å². The molecule has 3 aromatic rings. The zero-order valence-electron chi connectivity index (χ0n) is 21.8. The van der Waals surface area contributed by atoms with E-state index in [2.05, 4.69) is 41.1 Å². The number of ether oxygens (including phenoxy) is 1. The molecule has 1 unspecified atom stereocenters. The Balaban J connectivity index is 1.31. The zero-order valence-corrected chi connectivity index (χ0v) is 22.6. The Morgan fingerprint density at radius 3 is 2.86 bits per heavy atom. The molecule has 1 aliphatic heterocycles. The molecule has 1 saturated heterocycles. The van der Waals surface area contributed by atoms with E-state index < -0.39 is 12.1 Å². The van der Waals surface area contributed by atoms with Gasteiger partial charge in [0.05, 0.1) is 18.7 Å². The lowest BCUT2D eigenvalue weighted by atomic mass is 9.79. The van der Waals surface area contributed by atoms with Gasteiger partial charge in [-0.3, -0.25) is 9.78 Å².